The summed E-state index contributed by atoms with van der Waals surface area (Å²) in [6.45, 7) is 2.44. The highest BCUT2D eigenvalue weighted by atomic mass is 16.2. The molecule has 140 valence electrons. The van der Waals surface area contributed by atoms with E-state index in [0.29, 0.717) is 13.0 Å². The van der Waals surface area contributed by atoms with Crippen LogP contribution in [0.3, 0.4) is 0 Å². The van der Waals surface area contributed by atoms with Crippen molar-refractivity contribution < 1.29 is 9.59 Å². The second-order valence-electron chi connectivity index (χ2n) is 7.42. The molecule has 3 aromatic rings. The Bertz CT molecular complexity index is 1110. The fourth-order valence-corrected chi connectivity index (χ4v) is 4.05. The molecule has 2 amide bonds. The molecule has 1 N–H and O–H groups in total. The maximum atomic E-state index is 13.1. The summed E-state index contributed by atoms with van der Waals surface area (Å²) >= 11 is 0. The Morgan fingerprint density at radius 3 is 2.68 bits per heavy atom. The number of fused-ring (bicyclic) bond motifs is 4. The summed E-state index contributed by atoms with van der Waals surface area (Å²) in [6.07, 6.45) is 2.15. The van der Waals surface area contributed by atoms with Crippen LogP contribution in [0.2, 0.25) is 0 Å². The van der Waals surface area contributed by atoms with Gasteiger partial charge in [-0.3, -0.25) is 9.59 Å². The van der Waals surface area contributed by atoms with Crippen LogP contribution in [0.1, 0.15) is 22.4 Å². The lowest BCUT2D eigenvalue weighted by molar-refractivity contribution is -0.157. The average molecular weight is 372 g/mol. The predicted molar refractivity (Wildman–Crippen MR) is 107 cm³/mol. The van der Waals surface area contributed by atoms with Gasteiger partial charge in [-0.1, -0.05) is 48.0 Å². The number of hydrogen-bond acceptors (Lipinski definition) is 3. The monoisotopic (exact) mass is 372 g/mol. The fraction of sp³-hybridized carbons (Fsp3) is 0.227. The van der Waals surface area contributed by atoms with Gasteiger partial charge in [0.1, 0.15) is 12.6 Å². The Balaban J connectivity index is 1.44. The van der Waals surface area contributed by atoms with E-state index in [2.05, 4.69) is 16.2 Å². The van der Waals surface area contributed by atoms with Gasteiger partial charge >= 0.3 is 0 Å². The lowest BCUT2D eigenvalue weighted by Crippen LogP contribution is -2.60. The van der Waals surface area contributed by atoms with E-state index in [0.717, 1.165) is 33.3 Å². The molecule has 2 aromatic carbocycles. The molecular weight excluding hydrogens is 352 g/mol. The Morgan fingerprint density at radius 1 is 1.07 bits per heavy atom. The molecule has 0 spiro atoms. The van der Waals surface area contributed by atoms with E-state index < -0.39 is 6.04 Å². The zero-order valence-electron chi connectivity index (χ0n) is 15.6. The first-order valence-corrected chi connectivity index (χ1v) is 9.40. The van der Waals surface area contributed by atoms with Gasteiger partial charge in [0.15, 0.2) is 0 Å². The van der Waals surface area contributed by atoms with Crippen LogP contribution in [0.15, 0.2) is 53.6 Å². The van der Waals surface area contributed by atoms with Crippen LogP contribution >= 0.6 is 0 Å². The summed E-state index contributed by atoms with van der Waals surface area (Å²) in [5, 5.41) is 6.75. The number of rotatable bonds is 2. The van der Waals surface area contributed by atoms with Crippen LogP contribution in [-0.4, -0.2) is 45.5 Å². The standard InChI is InChI=1S/C22H20N4O2/c1-14-6-8-15(9-7-14)11-23-26-13-21(27)25-12-19-17(10-20(25)22(26)28)16-4-2-3-5-18(16)24-19/h2-9,11,20,24H,10,12-13H2,1H3/b23-11+/t20-/m1/s1. The number of nitrogens with one attached hydrogen (secondary N) is 1. The summed E-state index contributed by atoms with van der Waals surface area (Å²) in [6, 6.07) is 15.4. The third kappa shape index (κ3) is 2.69. The average Bonchev–Trinajstić information content (AvgIpc) is 3.07. The zero-order chi connectivity index (χ0) is 19.3. The van der Waals surface area contributed by atoms with Gasteiger partial charge < -0.3 is 9.88 Å². The topological polar surface area (TPSA) is 68.8 Å². The number of hydrazone groups is 1. The van der Waals surface area contributed by atoms with Crippen LogP contribution in [0.5, 0.6) is 0 Å². The van der Waals surface area contributed by atoms with Gasteiger partial charge in [-0.2, -0.15) is 5.10 Å². The van der Waals surface area contributed by atoms with Gasteiger partial charge in [0, 0.05) is 23.0 Å². The maximum Gasteiger partial charge on any atom is 0.266 e. The van der Waals surface area contributed by atoms with Crippen LogP contribution in [0.25, 0.3) is 10.9 Å². The zero-order valence-corrected chi connectivity index (χ0v) is 15.6. The van der Waals surface area contributed by atoms with Gasteiger partial charge in [0.25, 0.3) is 5.91 Å². The van der Waals surface area contributed by atoms with E-state index in [1.165, 1.54) is 5.01 Å². The molecule has 0 radical (unpaired) electrons. The van der Waals surface area contributed by atoms with Gasteiger partial charge in [-0.25, -0.2) is 5.01 Å². The maximum absolute atomic E-state index is 13.1. The Kier molecular flexibility index (Phi) is 3.79. The largest absolute Gasteiger partial charge is 0.357 e. The highest BCUT2D eigenvalue weighted by molar-refractivity contribution is 5.97. The van der Waals surface area contributed by atoms with E-state index in [1.807, 2.05) is 49.4 Å². The molecular formula is C22H20N4O2. The smallest absolute Gasteiger partial charge is 0.266 e. The second-order valence-corrected chi connectivity index (χ2v) is 7.42. The number of hydrogen-bond donors (Lipinski definition) is 1. The van der Waals surface area contributed by atoms with Crippen LogP contribution < -0.4 is 0 Å². The number of benzene rings is 2. The number of para-hydroxylation sites is 1. The SMILES string of the molecule is Cc1ccc(/C=N/N2CC(=O)N3Cc4[nH]c5ccccc5c4C[C@@H]3C2=O)cc1. The van der Waals surface area contributed by atoms with Gasteiger partial charge in [0.2, 0.25) is 5.91 Å². The molecule has 1 saturated heterocycles. The highest BCUT2D eigenvalue weighted by Crippen LogP contribution is 2.32. The third-order valence-electron chi connectivity index (χ3n) is 5.57. The molecule has 1 atom stereocenters. The highest BCUT2D eigenvalue weighted by Gasteiger charge is 2.43. The molecule has 0 bridgehead atoms. The Labute approximate surface area is 162 Å². The molecule has 3 heterocycles. The minimum Gasteiger partial charge on any atom is -0.357 e. The Hall–Kier alpha value is -3.41. The van der Waals surface area contributed by atoms with Crippen LogP contribution in [-0.2, 0) is 22.6 Å². The van der Waals surface area contributed by atoms with E-state index in [9.17, 15) is 9.59 Å². The number of carbonyl (C=O) groups is 2. The first-order chi connectivity index (χ1) is 13.6. The lowest BCUT2D eigenvalue weighted by Gasteiger charge is -2.40. The van der Waals surface area contributed by atoms with Crippen molar-refractivity contribution in [1.82, 2.24) is 14.9 Å². The molecule has 6 heteroatoms. The number of carbonyl (C=O) groups excluding carboxylic acids is 2. The van der Waals surface area contributed by atoms with E-state index in [1.54, 1.807) is 11.1 Å². The van der Waals surface area contributed by atoms with Crippen molar-refractivity contribution in [2.45, 2.75) is 25.9 Å². The van der Waals surface area contributed by atoms with Crippen molar-refractivity contribution in [1.29, 1.82) is 0 Å². The first kappa shape index (κ1) is 16.7. The normalized spacial score (nSPS) is 19.4. The first-order valence-electron chi connectivity index (χ1n) is 9.40. The number of H-pyrrole nitrogens is 1. The number of amides is 2. The molecule has 2 aliphatic rings. The summed E-state index contributed by atoms with van der Waals surface area (Å²) in [4.78, 5) is 30.8. The number of aromatic amines is 1. The van der Waals surface area contributed by atoms with Crippen molar-refractivity contribution in [3.05, 3.63) is 70.9 Å². The molecule has 2 aliphatic heterocycles. The predicted octanol–water partition coefficient (Wildman–Crippen LogP) is 2.61. The van der Waals surface area contributed by atoms with Crippen molar-refractivity contribution in [2.75, 3.05) is 6.54 Å². The molecule has 1 aromatic heterocycles. The summed E-state index contributed by atoms with van der Waals surface area (Å²) < 4.78 is 0. The molecule has 0 unspecified atom stereocenters. The fourth-order valence-electron chi connectivity index (χ4n) is 4.05. The van der Waals surface area contributed by atoms with Crippen molar-refractivity contribution in [3.8, 4) is 0 Å². The van der Waals surface area contributed by atoms with Crippen molar-refractivity contribution in [2.24, 2.45) is 5.10 Å². The van der Waals surface area contributed by atoms with Crippen molar-refractivity contribution in [3.63, 3.8) is 0 Å². The number of aryl methyl sites for hydroxylation is 1. The Morgan fingerprint density at radius 2 is 1.86 bits per heavy atom. The lowest BCUT2D eigenvalue weighted by atomic mass is 9.94. The molecule has 28 heavy (non-hydrogen) atoms. The second kappa shape index (κ2) is 6.34. The van der Waals surface area contributed by atoms with Gasteiger partial charge in [0.05, 0.1) is 12.8 Å². The van der Waals surface area contributed by atoms with Crippen LogP contribution in [0.4, 0.5) is 0 Å². The third-order valence-corrected chi connectivity index (χ3v) is 5.57. The quantitative estimate of drug-likeness (QED) is 0.703. The summed E-state index contributed by atoms with van der Waals surface area (Å²) in [5.41, 5.74) is 5.25. The van der Waals surface area contributed by atoms with Gasteiger partial charge in [-0.05, 0) is 24.1 Å². The van der Waals surface area contributed by atoms with Crippen molar-refractivity contribution >= 4 is 28.9 Å². The molecule has 6 nitrogen and oxygen atoms in total. The van der Waals surface area contributed by atoms with E-state index >= 15 is 0 Å². The molecule has 0 saturated carbocycles. The van der Waals surface area contributed by atoms with E-state index in [-0.39, 0.29) is 18.4 Å². The number of piperazine rings is 1. The summed E-state index contributed by atoms with van der Waals surface area (Å²) in [5.74, 6) is -0.200. The molecule has 1 fully saturated rings. The summed E-state index contributed by atoms with van der Waals surface area (Å²) in [7, 11) is 0. The van der Waals surface area contributed by atoms with E-state index in [4.69, 9.17) is 0 Å². The number of aromatic nitrogens is 1. The van der Waals surface area contributed by atoms with Gasteiger partial charge in [-0.15, -0.1) is 0 Å². The minimum atomic E-state index is -0.497. The number of nitrogens with zero attached hydrogens (tertiary/aromatic N) is 3. The molecule has 5 rings (SSSR count). The minimum absolute atomic E-state index is 0.0206. The van der Waals surface area contributed by atoms with Crippen LogP contribution in [0, 0.1) is 6.92 Å². The molecule has 0 aliphatic carbocycles.